The molecule has 38 heavy (non-hydrogen) atoms. The molecule has 3 N–H and O–H groups in total. The molecule has 0 bridgehead atoms. The van der Waals surface area contributed by atoms with Crippen molar-refractivity contribution >= 4 is 23.4 Å². The van der Waals surface area contributed by atoms with Gasteiger partial charge in [0.15, 0.2) is 11.6 Å². The molecule has 200 valence electrons. The van der Waals surface area contributed by atoms with Gasteiger partial charge in [-0.2, -0.15) is 0 Å². The molecule has 0 saturated carbocycles. The summed E-state index contributed by atoms with van der Waals surface area (Å²) >= 11 is 0. The van der Waals surface area contributed by atoms with Crippen LogP contribution in [0.15, 0.2) is 46.0 Å². The smallest absolute Gasteiger partial charge is 0.414 e. The second kappa shape index (κ2) is 9.75. The molecular weight excluding hydrogens is 510 g/mol. The number of hydrogen-bond acceptors (Lipinski definition) is 8. The van der Waals surface area contributed by atoms with Crippen molar-refractivity contribution in [1.82, 2.24) is 19.4 Å². The van der Waals surface area contributed by atoms with E-state index < -0.39 is 41.2 Å². The Kier molecular flexibility index (Phi) is 6.46. The van der Waals surface area contributed by atoms with Gasteiger partial charge in [-0.25, -0.2) is 47.4 Å². The number of nitrogens with zero attached hydrogens (tertiary/aromatic N) is 5. The molecule has 1 aromatic heterocycles. The van der Waals surface area contributed by atoms with Crippen LogP contribution < -0.4 is 26.7 Å². The number of halogens is 2. The Labute approximate surface area is 212 Å². The van der Waals surface area contributed by atoms with Gasteiger partial charge < -0.3 is 20.0 Å². The fourth-order valence-electron chi connectivity index (χ4n) is 4.64. The van der Waals surface area contributed by atoms with Crippen LogP contribution in [0.25, 0.3) is 5.69 Å². The second-order valence-electron chi connectivity index (χ2n) is 8.72. The minimum absolute atomic E-state index is 0.00278. The van der Waals surface area contributed by atoms with Crippen molar-refractivity contribution in [3.63, 3.8) is 0 Å². The van der Waals surface area contributed by atoms with Crippen LogP contribution in [0, 0.1) is 11.6 Å². The number of hydrogen-bond donors (Lipinski definition) is 3. The number of carboxylic acids is 1. The van der Waals surface area contributed by atoms with Crippen molar-refractivity contribution in [3.8, 4) is 5.69 Å². The van der Waals surface area contributed by atoms with Crippen LogP contribution in [0.5, 0.6) is 0 Å². The van der Waals surface area contributed by atoms with Crippen molar-refractivity contribution in [2.45, 2.75) is 19.2 Å². The van der Waals surface area contributed by atoms with Crippen LogP contribution in [0.2, 0.25) is 0 Å². The number of benzene rings is 2. The first-order valence-corrected chi connectivity index (χ1v) is 11.5. The molecule has 1 saturated heterocycles. The minimum Gasteiger partial charge on any atom is -0.478 e. The summed E-state index contributed by atoms with van der Waals surface area (Å²) in [6.07, 6.45) is -1.50. The van der Waals surface area contributed by atoms with Crippen LogP contribution >= 0.6 is 0 Å². The lowest BCUT2D eigenvalue weighted by Crippen LogP contribution is -2.33. The lowest BCUT2D eigenvalue weighted by molar-refractivity contribution is 0.0696. The van der Waals surface area contributed by atoms with Crippen molar-refractivity contribution < 1.29 is 33.4 Å². The first-order chi connectivity index (χ1) is 18.2. The molecule has 0 spiro atoms. The maximum atomic E-state index is 15.1. The van der Waals surface area contributed by atoms with Gasteiger partial charge in [-0.1, -0.05) is 0 Å². The average molecular weight is 532 g/mol. The van der Waals surface area contributed by atoms with Crippen molar-refractivity contribution in [2.24, 2.45) is 0 Å². The number of nitrogens with one attached hydrogen (secondary N) is 1. The van der Waals surface area contributed by atoms with Crippen LogP contribution in [-0.2, 0) is 17.8 Å². The Hall–Kier alpha value is -4.50. The maximum absolute atomic E-state index is 15.1. The first-order valence-electron chi connectivity index (χ1n) is 11.5. The number of amides is 1. The normalized spacial score (nSPS) is 17.3. The molecule has 13 nitrogen and oxygen atoms in total. The van der Waals surface area contributed by atoms with Crippen LogP contribution in [0.3, 0.4) is 0 Å². The van der Waals surface area contributed by atoms with E-state index in [0.29, 0.717) is 0 Å². The van der Waals surface area contributed by atoms with E-state index in [1.54, 1.807) is 0 Å². The summed E-state index contributed by atoms with van der Waals surface area (Å²) in [6.45, 7) is -0.159. The molecule has 0 radical (unpaired) electrons. The van der Waals surface area contributed by atoms with Gasteiger partial charge in [0.1, 0.15) is 11.8 Å². The number of fused-ring (bicyclic) bond motifs is 1. The zero-order valence-corrected chi connectivity index (χ0v) is 19.7. The van der Waals surface area contributed by atoms with Gasteiger partial charge in [0.25, 0.3) is 0 Å². The fourth-order valence-corrected chi connectivity index (χ4v) is 4.64. The van der Waals surface area contributed by atoms with E-state index in [9.17, 15) is 19.2 Å². The first kappa shape index (κ1) is 25.2. The number of ether oxygens (including phenoxy) is 1. The molecule has 3 aromatic rings. The number of carboxylic acid groups (broad SMARTS) is 1. The van der Waals surface area contributed by atoms with E-state index in [2.05, 4.69) is 0 Å². The summed E-state index contributed by atoms with van der Waals surface area (Å²) < 4.78 is 38.6. The Balaban J connectivity index is 1.39. The summed E-state index contributed by atoms with van der Waals surface area (Å²) in [4.78, 5) is 51.7. The Morgan fingerprint density at radius 2 is 1.53 bits per heavy atom. The van der Waals surface area contributed by atoms with E-state index in [0.717, 1.165) is 21.6 Å². The number of hydroxylamine groups is 1. The highest BCUT2D eigenvalue weighted by atomic mass is 19.1. The van der Waals surface area contributed by atoms with Gasteiger partial charge in [-0.3, -0.25) is 4.90 Å². The van der Waals surface area contributed by atoms with Gasteiger partial charge in [0.2, 0.25) is 0 Å². The van der Waals surface area contributed by atoms with Gasteiger partial charge >= 0.3 is 23.4 Å². The largest absolute Gasteiger partial charge is 0.478 e. The molecule has 0 aliphatic carbocycles. The molecule has 2 aliphatic heterocycles. The lowest BCUT2D eigenvalue weighted by atomic mass is 10.2. The standard InChI is InChI=1S/C23H22F2N6O7/c24-17-9-15(28-12-16(11-26-37)38-23(28)36)10-18(25)19(17)27-5-7-29-21(34)31(22(35)30(29)8-6-27)14-3-1-13(2-4-14)20(32)33/h1-4,9-10,16,26,37H,5-8,11-12H2,(H,32,33)/t16-/m0/s1. The molecule has 1 amide bonds. The number of aromatic nitrogens is 3. The SMILES string of the molecule is O=C(O)c1ccc(-n2c(=O)n3n(c2=O)CCN(c2c(F)cc(N4C[C@H](CNO)OC4=O)cc2F)CC3)cc1. The Morgan fingerprint density at radius 3 is 2.05 bits per heavy atom. The number of carbonyl (C=O) groups is 2. The molecule has 2 aliphatic rings. The van der Waals surface area contributed by atoms with Gasteiger partial charge in [-0.15, -0.1) is 0 Å². The molecular formula is C23H22F2N6O7. The summed E-state index contributed by atoms with van der Waals surface area (Å²) in [6, 6.07) is 7.26. The Morgan fingerprint density at radius 1 is 0.947 bits per heavy atom. The number of rotatable bonds is 6. The quantitative estimate of drug-likeness (QED) is 0.388. The predicted molar refractivity (Wildman–Crippen MR) is 127 cm³/mol. The number of cyclic esters (lactones) is 1. The molecule has 5 rings (SSSR count). The van der Waals surface area contributed by atoms with Crippen LogP contribution in [-0.4, -0.2) is 68.6 Å². The third-order valence-corrected chi connectivity index (χ3v) is 6.47. The van der Waals surface area contributed by atoms with Gasteiger partial charge in [0.05, 0.1) is 43.1 Å². The fraction of sp³-hybridized carbons (Fsp3) is 0.304. The van der Waals surface area contributed by atoms with Crippen molar-refractivity contribution in [1.29, 1.82) is 0 Å². The Bertz CT molecular complexity index is 1470. The minimum atomic E-state index is -1.15. The topological polar surface area (TPSA) is 151 Å². The second-order valence-corrected chi connectivity index (χ2v) is 8.72. The summed E-state index contributed by atoms with van der Waals surface area (Å²) in [5.41, 5.74) is 0.320. The molecule has 3 heterocycles. The number of aromatic carboxylic acids is 1. The van der Waals surface area contributed by atoms with E-state index >= 15 is 8.78 Å². The van der Waals surface area contributed by atoms with E-state index in [-0.39, 0.29) is 61.9 Å². The molecule has 1 atom stereocenters. The third kappa shape index (κ3) is 4.31. The number of anilines is 2. The maximum Gasteiger partial charge on any atom is 0.414 e. The van der Waals surface area contributed by atoms with Crippen LogP contribution in [0.4, 0.5) is 25.0 Å². The molecule has 0 unspecified atom stereocenters. The lowest BCUT2D eigenvalue weighted by Gasteiger charge is -2.24. The zero-order chi connectivity index (χ0) is 27.1. The van der Waals surface area contributed by atoms with Crippen LogP contribution in [0.1, 0.15) is 10.4 Å². The summed E-state index contributed by atoms with van der Waals surface area (Å²) in [7, 11) is 0. The molecule has 2 aromatic carbocycles. The van der Waals surface area contributed by atoms with E-state index in [1.165, 1.54) is 38.5 Å². The number of carbonyl (C=O) groups excluding carboxylic acids is 1. The highest BCUT2D eigenvalue weighted by molar-refractivity contribution is 5.90. The highest BCUT2D eigenvalue weighted by Crippen LogP contribution is 2.31. The van der Waals surface area contributed by atoms with E-state index in [4.69, 9.17) is 15.1 Å². The van der Waals surface area contributed by atoms with Crippen molar-refractivity contribution in [3.05, 3.63) is 74.6 Å². The zero-order valence-electron chi connectivity index (χ0n) is 19.7. The highest BCUT2D eigenvalue weighted by Gasteiger charge is 2.34. The predicted octanol–water partition coefficient (Wildman–Crippen LogP) is 0.601. The average Bonchev–Trinajstić information content (AvgIpc) is 3.24. The molecule has 1 fully saturated rings. The van der Waals surface area contributed by atoms with E-state index in [1.807, 2.05) is 5.48 Å². The molecule has 15 heteroatoms. The van der Waals surface area contributed by atoms with Gasteiger partial charge in [0, 0.05) is 25.2 Å². The van der Waals surface area contributed by atoms with Crippen molar-refractivity contribution in [2.75, 3.05) is 36.0 Å². The summed E-state index contributed by atoms with van der Waals surface area (Å²) in [5, 5.41) is 17.9. The summed E-state index contributed by atoms with van der Waals surface area (Å²) in [5.74, 6) is -3.03. The third-order valence-electron chi connectivity index (χ3n) is 6.47. The monoisotopic (exact) mass is 532 g/mol. The van der Waals surface area contributed by atoms with Gasteiger partial charge in [-0.05, 0) is 24.3 Å².